The van der Waals surface area contributed by atoms with Crippen molar-refractivity contribution in [2.24, 2.45) is 5.92 Å². The second-order valence-electron chi connectivity index (χ2n) is 7.33. The molecule has 0 atom stereocenters. The van der Waals surface area contributed by atoms with E-state index in [1.165, 1.54) is 49.8 Å². The van der Waals surface area contributed by atoms with Gasteiger partial charge in [-0.15, -0.1) is 0 Å². The van der Waals surface area contributed by atoms with Gasteiger partial charge < -0.3 is 4.57 Å². The van der Waals surface area contributed by atoms with Crippen LogP contribution >= 0.6 is 0 Å². The van der Waals surface area contributed by atoms with E-state index < -0.39 is 0 Å². The zero-order chi connectivity index (χ0) is 17.8. The van der Waals surface area contributed by atoms with Gasteiger partial charge >= 0.3 is 0 Å². The molecule has 4 rings (SSSR count). The normalized spacial score (nSPS) is 15.2. The van der Waals surface area contributed by atoms with Crippen molar-refractivity contribution in [3.05, 3.63) is 59.7 Å². The van der Waals surface area contributed by atoms with Gasteiger partial charge in [0.1, 0.15) is 11.7 Å². The molecule has 0 unspecified atom stereocenters. The second kappa shape index (κ2) is 7.70. The fraction of sp³-hybridized carbons (Fsp3) is 0.409. The molecule has 3 aromatic rings. The van der Waals surface area contributed by atoms with Crippen LogP contribution in [-0.2, 0) is 13.0 Å². The zero-order valence-electron chi connectivity index (χ0n) is 15.1. The summed E-state index contributed by atoms with van der Waals surface area (Å²) in [5, 5.41) is 10.2. The van der Waals surface area contributed by atoms with Gasteiger partial charge in [0.2, 0.25) is 5.82 Å². The Labute approximate surface area is 154 Å². The molecule has 132 valence electrons. The van der Waals surface area contributed by atoms with Crippen LogP contribution < -0.4 is 0 Å². The van der Waals surface area contributed by atoms with Crippen LogP contribution in [0.3, 0.4) is 0 Å². The minimum Gasteiger partial charge on any atom is -0.329 e. The molecule has 1 fully saturated rings. The van der Waals surface area contributed by atoms with Crippen molar-refractivity contribution in [1.82, 2.24) is 14.5 Å². The maximum absolute atomic E-state index is 9.18. The van der Waals surface area contributed by atoms with Gasteiger partial charge in [-0.2, -0.15) is 5.26 Å². The standard InChI is InChI=1S/C22H24N4/c23-15-21-24-16-19-14-20(13-18-9-5-2-6-10-18)26(22(19)25-21)12-11-17-7-3-1-4-8-17/h2,5-6,9-10,14,16-17H,1,3-4,7-8,11-13H2. The van der Waals surface area contributed by atoms with Gasteiger partial charge in [0.15, 0.2) is 0 Å². The van der Waals surface area contributed by atoms with Crippen molar-refractivity contribution < 1.29 is 0 Å². The molecule has 0 amide bonds. The Morgan fingerprint density at radius 2 is 1.92 bits per heavy atom. The Kier molecular flexibility index (Phi) is 4.97. The van der Waals surface area contributed by atoms with Gasteiger partial charge in [0, 0.05) is 30.2 Å². The molecule has 4 nitrogen and oxygen atoms in total. The lowest BCUT2D eigenvalue weighted by molar-refractivity contribution is 0.324. The van der Waals surface area contributed by atoms with Crippen LogP contribution in [0.1, 0.15) is 55.6 Å². The molecule has 1 aromatic carbocycles. The van der Waals surface area contributed by atoms with E-state index >= 15 is 0 Å². The first-order valence-electron chi connectivity index (χ1n) is 9.62. The van der Waals surface area contributed by atoms with Gasteiger partial charge in [-0.25, -0.2) is 9.97 Å². The molecule has 2 aromatic heterocycles. The SMILES string of the molecule is N#Cc1ncc2cc(Cc3ccccc3)n(CCC3CCCCC3)c2n1. The van der Waals surface area contributed by atoms with E-state index in [9.17, 15) is 5.26 Å². The summed E-state index contributed by atoms with van der Waals surface area (Å²) in [6.07, 6.45) is 10.7. The highest BCUT2D eigenvalue weighted by molar-refractivity contribution is 5.77. The highest BCUT2D eigenvalue weighted by atomic mass is 15.1. The van der Waals surface area contributed by atoms with Crippen molar-refractivity contribution in [1.29, 1.82) is 5.26 Å². The largest absolute Gasteiger partial charge is 0.329 e. The molecular formula is C22H24N4. The molecular weight excluding hydrogens is 320 g/mol. The average molecular weight is 344 g/mol. The summed E-state index contributed by atoms with van der Waals surface area (Å²) in [6.45, 7) is 0.970. The van der Waals surface area contributed by atoms with Crippen molar-refractivity contribution >= 4 is 11.0 Å². The summed E-state index contributed by atoms with van der Waals surface area (Å²) in [4.78, 5) is 8.66. The van der Waals surface area contributed by atoms with Crippen LogP contribution in [0, 0.1) is 17.2 Å². The minimum absolute atomic E-state index is 0.251. The topological polar surface area (TPSA) is 54.5 Å². The number of benzene rings is 1. The van der Waals surface area contributed by atoms with Crippen LogP contribution in [0.4, 0.5) is 0 Å². The lowest BCUT2D eigenvalue weighted by Gasteiger charge is -2.22. The third-order valence-corrected chi connectivity index (χ3v) is 5.53. The van der Waals surface area contributed by atoms with Crippen LogP contribution in [0.25, 0.3) is 11.0 Å². The molecule has 4 heteroatoms. The Bertz CT molecular complexity index is 914. The van der Waals surface area contributed by atoms with Crippen LogP contribution in [0.2, 0.25) is 0 Å². The predicted molar refractivity (Wildman–Crippen MR) is 103 cm³/mol. The maximum atomic E-state index is 9.18. The molecule has 0 radical (unpaired) electrons. The van der Waals surface area contributed by atoms with E-state index in [1.807, 2.05) is 6.07 Å². The highest BCUT2D eigenvalue weighted by Gasteiger charge is 2.16. The van der Waals surface area contributed by atoms with E-state index in [2.05, 4.69) is 50.9 Å². The molecule has 0 aliphatic heterocycles. The van der Waals surface area contributed by atoms with Crippen molar-refractivity contribution in [2.75, 3.05) is 0 Å². The number of fused-ring (bicyclic) bond motifs is 1. The monoisotopic (exact) mass is 344 g/mol. The first-order valence-corrected chi connectivity index (χ1v) is 9.62. The molecule has 0 N–H and O–H groups in total. The molecule has 0 saturated heterocycles. The van der Waals surface area contributed by atoms with Gasteiger partial charge in [0.25, 0.3) is 0 Å². The smallest absolute Gasteiger partial charge is 0.234 e. The van der Waals surface area contributed by atoms with E-state index in [0.29, 0.717) is 0 Å². The quantitative estimate of drug-likeness (QED) is 0.664. The molecule has 1 saturated carbocycles. The fourth-order valence-corrected chi connectivity index (χ4v) is 4.14. The van der Waals surface area contributed by atoms with Gasteiger partial charge in [-0.3, -0.25) is 0 Å². The van der Waals surface area contributed by atoms with Gasteiger partial charge in [-0.05, 0) is 24.0 Å². The van der Waals surface area contributed by atoms with Gasteiger partial charge in [-0.1, -0.05) is 62.4 Å². The molecule has 2 heterocycles. The first kappa shape index (κ1) is 16.8. The van der Waals surface area contributed by atoms with Crippen LogP contribution in [0.5, 0.6) is 0 Å². The second-order valence-corrected chi connectivity index (χ2v) is 7.33. The number of rotatable bonds is 5. The number of aryl methyl sites for hydroxylation is 1. The number of nitriles is 1. The predicted octanol–water partition coefficient (Wildman–Crippen LogP) is 4.86. The number of hydrogen-bond acceptors (Lipinski definition) is 3. The summed E-state index contributed by atoms with van der Waals surface area (Å²) < 4.78 is 2.32. The van der Waals surface area contributed by atoms with E-state index in [1.54, 1.807) is 6.20 Å². The number of hydrogen-bond donors (Lipinski definition) is 0. The average Bonchev–Trinajstić information content (AvgIpc) is 3.04. The summed E-state index contributed by atoms with van der Waals surface area (Å²) in [6, 6.07) is 14.8. The maximum Gasteiger partial charge on any atom is 0.234 e. The lowest BCUT2D eigenvalue weighted by atomic mass is 9.87. The molecule has 26 heavy (non-hydrogen) atoms. The Morgan fingerprint density at radius 3 is 2.69 bits per heavy atom. The van der Waals surface area contributed by atoms with Crippen molar-refractivity contribution in [3.8, 4) is 6.07 Å². The fourth-order valence-electron chi connectivity index (χ4n) is 4.14. The minimum atomic E-state index is 0.251. The Morgan fingerprint density at radius 1 is 1.12 bits per heavy atom. The highest BCUT2D eigenvalue weighted by Crippen LogP contribution is 2.28. The molecule has 1 aliphatic carbocycles. The van der Waals surface area contributed by atoms with Crippen LogP contribution in [-0.4, -0.2) is 14.5 Å². The van der Waals surface area contributed by atoms with Gasteiger partial charge in [0.05, 0.1) is 0 Å². The number of nitrogens with zero attached hydrogens (tertiary/aromatic N) is 4. The first-order chi connectivity index (χ1) is 12.8. The summed E-state index contributed by atoms with van der Waals surface area (Å²) in [7, 11) is 0. The summed E-state index contributed by atoms with van der Waals surface area (Å²) in [5.41, 5.74) is 3.45. The van der Waals surface area contributed by atoms with E-state index in [0.717, 1.165) is 29.9 Å². The molecule has 1 aliphatic rings. The third-order valence-electron chi connectivity index (χ3n) is 5.53. The number of aromatic nitrogens is 3. The molecule has 0 bridgehead atoms. The summed E-state index contributed by atoms with van der Waals surface area (Å²) >= 11 is 0. The molecule has 0 spiro atoms. The Balaban J connectivity index is 1.66. The van der Waals surface area contributed by atoms with Crippen molar-refractivity contribution in [3.63, 3.8) is 0 Å². The third kappa shape index (κ3) is 3.62. The zero-order valence-corrected chi connectivity index (χ0v) is 15.1. The lowest BCUT2D eigenvalue weighted by Crippen LogP contribution is -2.12. The van der Waals surface area contributed by atoms with Crippen molar-refractivity contribution in [2.45, 2.75) is 51.5 Å². The van der Waals surface area contributed by atoms with Crippen LogP contribution in [0.15, 0.2) is 42.6 Å². The summed E-state index contributed by atoms with van der Waals surface area (Å²) in [5.74, 6) is 1.07. The Hall–Kier alpha value is -2.67. The van der Waals surface area contributed by atoms with E-state index in [4.69, 9.17) is 0 Å². The van der Waals surface area contributed by atoms with E-state index in [-0.39, 0.29) is 5.82 Å².